The van der Waals surface area contributed by atoms with E-state index in [2.05, 4.69) is 15.6 Å². The molecule has 0 aliphatic heterocycles. The van der Waals surface area contributed by atoms with Gasteiger partial charge in [-0.05, 0) is 39.0 Å². The lowest BCUT2D eigenvalue weighted by molar-refractivity contribution is -0.118. The van der Waals surface area contributed by atoms with Crippen LogP contribution in [0.5, 0.6) is 0 Å². The second kappa shape index (κ2) is 7.56. The molecule has 0 bridgehead atoms. The Morgan fingerprint density at radius 1 is 1.28 bits per heavy atom. The number of benzene rings is 1. The van der Waals surface area contributed by atoms with Gasteiger partial charge in [0.25, 0.3) is 5.91 Å². The van der Waals surface area contributed by atoms with Crippen molar-refractivity contribution in [3.63, 3.8) is 0 Å². The van der Waals surface area contributed by atoms with Crippen LogP contribution in [-0.4, -0.2) is 22.6 Å². The van der Waals surface area contributed by atoms with Gasteiger partial charge in [-0.15, -0.1) is 11.3 Å². The number of hydrogen-bond acceptors (Lipinski definition) is 5. The minimum atomic E-state index is -1.49. The molecule has 1 heterocycles. The number of nitrogens with one attached hydrogen (secondary N) is 2. The van der Waals surface area contributed by atoms with Crippen LogP contribution < -0.4 is 10.6 Å². The fourth-order valence-electron chi connectivity index (χ4n) is 1.91. The van der Waals surface area contributed by atoms with Gasteiger partial charge >= 0.3 is 6.09 Å². The number of anilines is 1. The van der Waals surface area contributed by atoms with E-state index in [1.54, 1.807) is 26.2 Å². The minimum absolute atomic E-state index is 0.262. The first-order valence-corrected chi connectivity index (χ1v) is 8.18. The maximum absolute atomic E-state index is 14.1. The molecule has 0 spiro atoms. The number of thiazole rings is 1. The van der Waals surface area contributed by atoms with Gasteiger partial charge in [-0.1, -0.05) is 0 Å². The van der Waals surface area contributed by atoms with E-state index in [1.807, 2.05) is 0 Å². The maximum atomic E-state index is 14.1. The summed E-state index contributed by atoms with van der Waals surface area (Å²) in [6, 6.07) is 1.15. The molecule has 134 valence electrons. The first-order valence-electron chi connectivity index (χ1n) is 7.30. The fraction of sp³-hybridized carbons (Fsp3) is 0.312. The van der Waals surface area contributed by atoms with E-state index in [1.165, 1.54) is 6.20 Å². The predicted octanol–water partition coefficient (Wildman–Crippen LogP) is 3.63. The summed E-state index contributed by atoms with van der Waals surface area (Å²) in [5, 5.41) is 6.61. The second-order valence-electron chi connectivity index (χ2n) is 6.07. The smallest absolute Gasteiger partial charge is 0.408 e. The Morgan fingerprint density at radius 2 is 2.00 bits per heavy atom. The van der Waals surface area contributed by atoms with Crippen LogP contribution in [-0.2, 0) is 9.53 Å². The third-order valence-electron chi connectivity index (χ3n) is 2.85. The highest BCUT2D eigenvalue weighted by atomic mass is 32.1. The lowest BCUT2D eigenvalue weighted by Crippen LogP contribution is -2.40. The molecule has 0 radical (unpaired) electrons. The molecule has 0 saturated carbocycles. The van der Waals surface area contributed by atoms with Crippen LogP contribution >= 0.6 is 11.3 Å². The largest absolute Gasteiger partial charge is 0.444 e. The summed E-state index contributed by atoms with van der Waals surface area (Å²) in [7, 11) is 0. The van der Waals surface area contributed by atoms with Crippen molar-refractivity contribution in [2.24, 2.45) is 0 Å². The van der Waals surface area contributed by atoms with Gasteiger partial charge in [-0.2, -0.15) is 0 Å². The summed E-state index contributed by atoms with van der Waals surface area (Å²) in [6.45, 7) is 4.92. The maximum Gasteiger partial charge on any atom is 0.408 e. The van der Waals surface area contributed by atoms with Crippen LogP contribution in [0.25, 0.3) is 0 Å². The summed E-state index contributed by atoms with van der Waals surface area (Å²) in [4.78, 5) is 28.4. The van der Waals surface area contributed by atoms with Crippen molar-refractivity contribution in [2.45, 2.75) is 32.4 Å². The van der Waals surface area contributed by atoms with Crippen LogP contribution in [0.2, 0.25) is 0 Å². The normalized spacial score (nSPS) is 12.4. The van der Waals surface area contributed by atoms with Crippen LogP contribution in [0.1, 0.15) is 32.4 Å². The van der Waals surface area contributed by atoms with E-state index in [0.717, 1.165) is 29.5 Å². The quantitative estimate of drug-likeness (QED) is 0.862. The molecule has 2 amide bonds. The van der Waals surface area contributed by atoms with E-state index in [0.29, 0.717) is 0 Å². The summed E-state index contributed by atoms with van der Waals surface area (Å²) in [6.07, 6.45) is 0.537. The van der Waals surface area contributed by atoms with Gasteiger partial charge < -0.3 is 10.1 Å². The van der Waals surface area contributed by atoms with Crippen molar-refractivity contribution in [2.75, 3.05) is 5.32 Å². The Labute approximate surface area is 147 Å². The highest BCUT2D eigenvalue weighted by molar-refractivity contribution is 7.13. The number of hydrogen-bond donors (Lipinski definition) is 2. The van der Waals surface area contributed by atoms with Crippen LogP contribution in [0, 0.1) is 11.6 Å². The lowest BCUT2D eigenvalue weighted by atomic mass is 10.1. The van der Waals surface area contributed by atoms with Crippen LogP contribution in [0.4, 0.5) is 18.7 Å². The van der Waals surface area contributed by atoms with E-state index in [9.17, 15) is 18.4 Å². The zero-order valence-electron chi connectivity index (χ0n) is 13.8. The summed E-state index contributed by atoms with van der Waals surface area (Å²) >= 11 is 1.15. The first-order chi connectivity index (χ1) is 11.7. The van der Waals surface area contributed by atoms with E-state index < -0.39 is 35.3 Å². The highest BCUT2D eigenvalue weighted by Crippen LogP contribution is 2.22. The van der Waals surface area contributed by atoms with Gasteiger partial charge in [0.15, 0.2) is 5.13 Å². The molecule has 0 aliphatic carbocycles. The number of rotatable bonds is 4. The second-order valence-corrected chi connectivity index (χ2v) is 6.97. The monoisotopic (exact) mass is 369 g/mol. The number of alkyl carbamates (subject to hydrolysis) is 1. The molecular formula is C16H17F2N3O3S. The van der Waals surface area contributed by atoms with E-state index >= 15 is 0 Å². The fourth-order valence-corrected chi connectivity index (χ4v) is 2.44. The van der Waals surface area contributed by atoms with Gasteiger partial charge in [0, 0.05) is 17.1 Å². The summed E-state index contributed by atoms with van der Waals surface area (Å²) in [5.74, 6) is -2.35. The topological polar surface area (TPSA) is 80.3 Å². The van der Waals surface area contributed by atoms with E-state index in [-0.39, 0.29) is 10.7 Å². The van der Waals surface area contributed by atoms with Crippen molar-refractivity contribution >= 4 is 28.5 Å². The number of halogens is 2. The zero-order valence-corrected chi connectivity index (χ0v) is 14.6. The van der Waals surface area contributed by atoms with E-state index in [4.69, 9.17) is 4.74 Å². The van der Waals surface area contributed by atoms with Crippen molar-refractivity contribution in [3.05, 3.63) is 47.0 Å². The van der Waals surface area contributed by atoms with Gasteiger partial charge in [0.1, 0.15) is 23.3 Å². The Morgan fingerprint density at radius 3 is 2.60 bits per heavy atom. The molecule has 0 unspecified atom stereocenters. The molecule has 9 heteroatoms. The molecule has 2 rings (SSSR count). The van der Waals surface area contributed by atoms with Gasteiger partial charge in [0.05, 0.1) is 0 Å². The Bertz CT molecular complexity index is 760. The molecule has 1 atom stereocenters. The standard InChI is InChI=1S/C16H17F2N3O3S/c1-16(2,3)24-15(23)20-12(10-8-9(17)4-5-11(10)18)13(22)21-14-19-6-7-25-14/h4-8,12H,1-3H3,(H,20,23)(H,19,21,22)/t12-/m1/s1. The Hall–Kier alpha value is -2.55. The molecule has 2 aromatic rings. The molecule has 1 aromatic heterocycles. The summed E-state index contributed by atoms with van der Waals surface area (Å²) in [5.41, 5.74) is -1.14. The number of amides is 2. The van der Waals surface area contributed by atoms with Crippen LogP contribution in [0.15, 0.2) is 29.8 Å². The van der Waals surface area contributed by atoms with Crippen molar-refractivity contribution in [1.82, 2.24) is 10.3 Å². The number of ether oxygens (including phenoxy) is 1. The first kappa shape index (κ1) is 18.8. The predicted molar refractivity (Wildman–Crippen MR) is 89.2 cm³/mol. The molecular weight excluding hydrogens is 352 g/mol. The highest BCUT2D eigenvalue weighted by Gasteiger charge is 2.29. The molecule has 0 saturated heterocycles. The number of nitrogens with zero attached hydrogens (tertiary/aromatic N) is 1. The average molecular weight is 369 g/mol. The third kappa shape index (κ3) is 5.49. The minimum Gasteiger partial charge on any atom is -0.444 e. The molecule has 6 nitrogen and oxygen atoms in total. The molecule has 25 heavy (non-hydrogen) atoms. The van der Waals surface area contributed by atoms with Crippen molar-refractivity contribution in [1.29, 1.82) is 0 Å². The Kier molecular flexibility index (Phi) is 5.68. The Balaban J connectivity index is 2.28. The number of carbonyl (C=O) groups is 2. The van der Waals surface area contributed by atoms with Gasteiger partial charge in [-0.25, -0.2) is 18.6 Å². The molecule has 2 N–H and O–H groups in total. The average Bonchev–Trinajstić information content (AvgIpc) is 2.98. The van der Waals surface area contributed by atoms with Crippen molar-refractivity contribution in [3.8, 4) is 0 Å². The lowest BCUT2D eigenvalue weighted by Gasteiger charge is -2.23. The van der Waals surface area contributed by atoms with Gasteiger partial charge in [-0.3, -0.25) is 10.1 Å². The number of carbonyl (C=O) groups excluding carboxylic acids is 2. The molecule has 0 aliphatic rings. The molecule has 1 aromatic carbocycles. The SMILES string of the molecule is CC(C)(C)OC(=O)N[C@@H](C(=O)Nc1nccs1)c1cc(F)ccc1F. The van der Waals surface area contributed by atoms with Gasteiger partial charge in [0.2, 0.25) is 0 Å². The van der Waals surface area contributed by atoms with Crippen LogP contribution in [0.3, 0.4) is 0 Å². The third-order valence-corrected chi connectivity index (χ3v) is 3.54. The zero-order chi connectivity index (χ0) is 18.6. The summed E-state index contributed by atoms with van der Waals surface area (Å²) < 4.78 is 32.7. The molecule has 0 fully saturated rings. The number of aromatic nitrogens is 1. The van der Waals surface area contributed by atoms with Crippen molar-refractivity contribution < 1.29 is 23.1 Å².